The van der Waals surface area contributed by atoms with Gasteiger partial charge < -0.3 is 40.3 Å². The van der Waals surface area contributed by atoms with Crippen molar-refractivity contribution in [3.63, 3.8) is 0 Å². The summed E-state index contributed by atoms with van der Waals surface area (Å²) in [7, 11) is 0. The molecule has 0 aromatic heterocycles. The molecule has 0 aromatic rings. The van der Waals surface area contributed by atoms with Crippen LogP contribution in [0.5, 0.6) is 0 Å². The van der Waals surface area contributed by atoms with Crippen LogP contribution in [-0.2, 0) is 14.3 Å². The number of amides is 1. The van der Waals surface area contributed by atoms with E-state index in [1.807, 2.05) is 6.08 Å². The molecule has 1 fully saturated rings. The van der Waals surface area contributed by atoms with Crippen LogP contribution in [0.15, 0.2) is 60.8 Å². The molecule has 1 rings (SSSR count). The smallest absolute Gasteiger partial charge is 0.220 e. The Morgan fingerprint density at radius 2 is 1.02 bits per heavy atom. The lowest BCUT2D eigenvalue weighted by atomic mass is 9.99. The maximum Gasteiger partial charge on any atom is 0.220 e. The van der Waals surface area contributed by atoms with Gasteiger partial charge in [-0.25, -0.2) is 0 Å². The van der Waals surface area contributed by atoms with Gasteiger partial charge in [-0.15, -0.1) is 0 Å². The summed E-state index contributed by atoms with van der Waals surface area (Å²) in [5.74, 6) is -0.202. The quantitative estimate of drug-likeness (QED) is 0.0265. The van der Waals surface area contributed by atoms with Crippen molar-refractivity contribution in [2.24, 2.45) is 0 Å². The molecule has 9 nitrogen and oxygen atoms in total. The largest absolute Gasteiger partial charge is 0.394 e. The Kier molecular flexibility index (Phi) is 37.2. The molecule has 0 radical (unpaired) electrons. The molecule has 0 saturated carbocycles. The molecule has 0 bridgehead atoms. The monoisotopic (exact) mass is 832 g/mol. The van der Waals surface area contributed by atoms with Gasteiger partial charge in [0.15, 0.2) is 6.29 Å². The number of aliphatic hydroxyl groups is 5. The van der Waals surface area contributed by atoms with Crippen molar-refractivity contribution in [1.82, 2.24) is 5.32 Å². The summed E-state index contributed by atoms with van der Waals surface area (Å²) < 4.78 is 11.2. The minimum absolute atomic E-state index is 0.202. The van der Waals surface area contributed by atoms with Gasteiger partial charge in [-0.3, -0.25) is 4.79 Å². The number of ether oxygens (including phenoxy) is 2. The van der Waals surface area contributed by atoms with Gasteiger partial charge in [0.1, 0.15) is 24.4 Å². The Balaban J connectivity index is 2.33. The maximum absolute atomic E-state index is 13.0. The number of unbranched alkanes of at least 4 members (excludes halogenated alkanes) is 21. The highest BCUT2D eigenvalue weighted by Crippen LogP contribution is 2.22. The fourth-order valence-corrected chi connectivity index (χ4v) is 7.16. The minimum atomic E-state index is -1.58. The van der Waals surface area contributed by atoms with Crippen LogP contribution in [-0.4, -0.2) is 87.5 Å². The van der Waals surface area contributed by atoms with Crippen LogP contribution in [0.3, 0.4) is 0 Å². The van der Waals surface area contributed by atoms with Gasteiger partial charge in [-0.2, -0.15) is 0 Å². The molecular formula is C50H89NO8. The van der Waals surface area contributed by atoms with Crippen molar-refractivity contribution in [2.75, 3.05) is 13.2 Å². The number of rotatable bonds is 39. The van der Waals surface area contributed by atoms with E-state index in [1.165, 1.54) is 103 Å². The lowest BCUT2D eigenvalue weighted by Crippen LogP contribution is -2.60. The zero-order chi connectivity index (χ0) is 43.0. The van der Waals surface area contributed by atoms with E-state index in [0.717, 1.165) is 70.6 Å². The number of hydrogen-bond acceptors (Lipinski definition) is 8. The first kappa shape index (κ1) is 54.9. The second-order valence-corrected chi connectivity index (χ2v) is 16.5. The molecule has 1 aliphatic rings. The Labute approximate surface area is 360 Å². The average molecular weight is 832 g/mol. The third-order valence-electron chi connectivity index (χ3n) is 11.0. The predicted molar refractivity (Wildman–Crippen MR) is 244 cm³/mol. The van der Waals surface area contributed by atoms with Crippen molar-refractivity contribution in [2.45, 2.75) is 236 Å². The zero-order valence-electron chi connectivity index (χ0n) is 37.5. The number of carbonyl (C=O) groups excluding carboxylic acids is 1. The fraction of sp³-hybridized carbons (Fsp3) is 0.780. The second kappa shape index (κ2) is 40.0. The standard InChI is InChI=1S/C50H89NO8/c1-3-5-7-9-11-13-15-17-18-19-20-21-22-23-24-25-26-28-30-32-34-36-38-40-46(54)51-43(42-58-50-49(57)48(56)47(55)45(41-52)59-50)44(53)39-37-35-33-31-29-27-16-14-12-10-8-6-4-2/h12,14,20-21,23-24,29,31,37,39,43-45,47-50,52-53,55-57H,3-11,13,15-19,22,25-28,30,32-36,38,40-42H2,1-2H3,(H,51,54)/b14-12+,21-20-,24-23-,31-29+,39-37+. The Morgan fingerprint density at radius 3 is 1.56 bits per heavy atom. The summed E-state index contributed by atoms with van der Waals surface area (Å²) in [4.78, 5) is 13.0. The lowest BCUT2D eigenvalue weighted by molar-refractivity contribution is -0.302. The fourth-order valence-electron chi connectivity index (χ4n) is 7.16. The van der Waals surface area contributed by atoms with E-state index in [2.05, 4.69) is 67.8 Å². The first-order chi connectivity index (χ1) is 28.8. The highest BCUT2D eigenvalue weighted by Gasteiger charge is 2.44. The summed E-state index contributed by atoms with van der Waals surface area (Å²) in [6.45, 7) is 3.70. The van der Waals surface area contributed by atoms with Crippen LogP contribution in [0, 0.1) is 0 Å². The Hall–Kier alpha value is -2.11. The van der Waals surface area contributed by atoms with E-state index >= 15 is 0 Å². The molecule has 342 valence electrons. The molecule has 0 aliphatic carbocycles. The number of allylic oxidation sites excluding steroid dienone is 9. The zero-order valence-corrected chi connectivity index (χ0v) is 37.5. The first-order valence-electron chi connectivity index (χ1n) is 24.0. The van der Waals surface area contributed by atoms with Crippen molar-refractivity contribution < 1.29 is 39.8 Å². The number of aliphatic hydroxyl groups excluding tert-OH is 5. The van der Waals surface area contributed by atoms with Crippen molar-refractivity contribution in [1.29, 1.82) is 0 Å². The van der Waals surface area contributed by atoms with Crippen LogP contribution >= 0.6 is 0 Å². The molecule has 1 amide bonds. The Bertz CT molecular complexity index is 1100. The van der Waals surface area contributed by atoms with Gasteiger partial charge in [-0.05, 0) is 77.0 Å². The molecule has 0 spiro atoms. The highest BCUT2D eigenvalue weighted by atomic mass is 16.7. The molecule has 59 heavy (non-hydrogen) atoms. The van der Waals surface area contributed by atoms with Crippen molar-refractivity contribution in [3.8, 4) is 0 Å². The Morgan fingerprint density at radius 1 is 0.576 bits per heavy atom. The van der Waals surface area contributed by atoms with E-state index in [4.69, 9.17) is 9.47 Å². The summed E-state index contributed by atoms with van der Waals surface area (Å²) in [5.41, 5.74) is 0. The molecular weight excluding hydrogens is 743 g/mol. The molecule has 7 atom stereocenters. The summed E-state index contributed by atoms with van der Waals surface area (Å²) in [5, 5.41) is 54.1. The lowest BCUT2D eigenvalue weighted by Gasteiger charge is -2.40. The van der Waals surface area contributed by atoms with Gasteiger partial charge >= 0.3 is 0 Å². The molecule has 9 heteroatoms. The first-order valence-corrected chi connectivity index (χ1v) is 24.0. The van der Waals surface area contributed by atoms with Gasteiger partial charge in [0.2, 0.25) is 5.91 Å². The van der Waals surface area contributed by atoms with Crippen molar-refractivity contribution >= 4 is 5.91 Å². The summed E-state index contributed by atoms with van der Waals surface area (Å²) in [6, 6.07) is -0.833. The van der Waals surface area contributed by atoms with E-state index in [1.54, 1.807) is 6.08 Å². The average Bonchev–Trinajstić information content (AvgIpc) is 3.23. The van der Waals surface area contributed by atoms with Gasteiger partial charge in [0.05, 0.1) is 25.4 Å². The molecule has 1 heterocycles. The molecule has 0 aromatic carbocycles. The summed E-state index contributed by atoms with van der Waals surface area (Å²) >= 11 is 0. The summed E-state index contributed by atoms with van der Waals surface area (Å²) in [6.07, 6.45) is 45.6. The maximum atomic E-state index is 13.0. The predicted octanol–water partition coefficient (Wildman–Crippen LogP) is 10.4. The van der Waals surface area contributed by atoms with E-state index in [9.17, 15) is 30.3 Å². The van der Waals surface area contributed by atoms with Crippen LogP contribution in [0.4, 0.5) is 0 Å². The molecule has 6 N–H and O–H groups in total. The second-order valence-electron chi connectivity index (χ2n) is 16.5. The third kappa shape index (κ3) is 30.6. The highest BCUT2D eigenvalue weighted by molar-refractivity contribution is 5.76. The SMILES string of the molecule is CCCCC/C=C/CC/C=C/CC/C=C/C(O)C(COC1OC(CO)C(O)C(O)C1O)NC(=O)CCCCCCCCC/C=C\C/C=C\CCCCCCCCCCC. The van der Waals surface area contributed by atoms with Gasteiger partial charge in [0, 0.05) is 6.42 Å². The normalized spacial score (nSPS) is 21.2. The molecule has 1 aliphatic heterocycles. The third-order valence-corrected chi connectivity index (χ3v) is 11.0. The number of carbonyl (C=O) groups is 1. The van der Waals surface area contributed by atoms with Gasteiger partial charge in [0.25, 0.3) is 0 Å². The molecule has 1 saturated heterocycles. The van der Waals surface area contributed by atoms with Gasteiger partial charge in [-0.1, -0.05) is 171 Å². The topological polar surface area (TPSA) is 149 Å². The van der Waals surface area contributed by atoms with E-state index in [0.29, 0.717) is 6.42 Å². The van der Waals surface area contributed by atoms with E-state index < -0.39 is 49.5 Å². The number of hydrogen-bond donors (Lipinski definition) is 6. The number of nitrogens with one attached hydrogen (secondary N) is 1. The van der Waals surface area contributed by atoms with Crippen LogP contribution < -0.4 is 5.32 Å². The molecule has 7 unspecified atom stereocenters. The minimum Gasteiger partial charge on any atom is -0.394 e. The van der Waals surface area contributed by atoms with Crippen molar-refractivity contribution in [3.05, 3.63) is 60.8 Å². The van der Waals surface area contributed by atoms with Crippen LogP contribution in [0.2, 0.25) is 0 Å². The van der Waals surface area contributed by atoms with E-state index in [-0.39, 0.29) is 12.5 Å². The van der Waals surface area contributed by atoms with Crippen LogP contribution in [0.1, 0.15) is 194 Å². The van der Waals surface area contributed by atoms with Crippen LogP contribution in [0.25, 0.3) is 0 Å².